The van der Waals surface area contributed by atoms with Crippen LogP contribution in [0.4, 0.5) is 4.79 Å². The molecule has 0 aromatic heterocycles. The maximum Gasteiger partial charge on any atom is 0.315 e. The monoisotopic (exact) mass is 342 g/mol. The van der Waals surface area contributed by atoms with Crippen LogP contribution in [-0.2, 0) is 11.2 Å². The van der Waals surface area contributed by atoms with E-state index in [1.165, 1.54) is 25.7 Å². The number of benzene rings is 1. The Balaban J connectivity index is 1.28. The maximum absolute atomic E-state index is 12.7. The molecule has 0 radical (unpaired) electrons. The number of aromatic hydroxyl groups is 1. The van der Waals surface area contributed by atoms with Gasteiger partial charge in [-0.1, -0.05) is 25.0 Å². The van der Waals surface area contributed by atoms with Crippen molar-refractivity contribution in [2.45, 2.75) is 63.1 Å². The molecule has 5 heteroatoms. The molecule has 0 unspecified atom stereocenters. The highest BCUT2D eigenvalue weighted by Crippen LogP contribution is 2.60. The minimum atomic E-state index is -0.0668. The van der Waals surface area contributed by atoms with Crippen molar-refractivity contribution in [3.8, 4) is 5.75 Å². The lowest BCUT2D eigenvalue weighted by molar-refractivity contribution is -0.126. The third kappa shape index (κ3) is 2.21. The second-order valence-corrected chi connectivity index (χ2v) is 8.22. The minimum absolute atomic E-state index is 0.00247. The summed E-state index contributed by atoms with van der Waals surface area (Å²) in [5.41, 5.74) is 2.22. The van der Waals surface area contributed by atoms with Crippen molar-refractivity contribution in [2.24, 2.45) is 11.3 Å². The van der Waals surface area contributed by atoms with E-state index in [0.29, 0.717) is 17.8 Å². The highest BCUT2D eigenvalue weighted by molar-refractivity contribution is 5.75. The summed E-state index contributed by atoms with van der Waals surface area (Å²) in [6.07, 6.45) is 7.97. The van der Waals surface area contributed by atoms with Crippen molar-refractivity contribution >= 4 is 6.03 Å². The number of nitrogens with one attached hydrogen (secondary N) is 2. The molecule has 1 aromatic carbocycles. The number of urea groups is 1. The van der Waals surface area contributed by atoms with E-state index in [4.69, 9.17) is 4.74 Å². The average molecular weight is 342 g/mol. The standard InChI is InChI=1S/C20H26N2O3/c23-16-5-3-4-12-13(16)6-7-15(12)21-19(24)22-17-14-8-11-25-18(14)20(17)9-1-2-10-20/h3-5,14-15,17-18,23H,1-2,6-11H2,(H2,21,22,24)/t14-,15-,17-,18-/m0/s1. The van der Waals surface area contributed by atoms with Crippen molar-refractivity contribution in [3.63, 3.8) is 0 Å². The van der Waals surface area contributed by atoms with E-state index < -0.39 is 0 Å². The summed E-state index contributed by atoms with van der Waals surface area (Å²) >= 11 is 0. The molecule has 1 aromatic rings. The number of carbonyl (C=O) groups is 1. The Hall–Kier alpha value is -1.75. The fourth-order valence-electron chi connectivity index (χ4n) is 6.03. The van der Waals surface area contributed by atoms with E-state index in [2.05, 4.69) is 10.6 Å². The normalized spacial score (nSPS) is 34.4. The van der Waals surface area contributed by atoms with Crippen molar-refractivity contribution in [3.05, 3.63) is 29.3 Å². The molecule has 5 rings (SSSR count). The van der Waals surface area contributed by atoms with Crippen molar-refractivity contribution < 1.29 is 14.6 Å². The topological polar surface area (TPSA) is 70.6 Å². The van der Waals surface area contributed by atoms with Crippen LogP contribution in [0.2, 0.25) is 0 Å². The van der Waals surface area contributed by atoms with Crippen molar-refractivity contribution in [1.29, 1.82) is 0 Å². The van der Waals surface area contributed by atoms with Gasteiger partial charge in [0, 0.05) is 24.0 Å². The molecule has 0 bridgehead atoms. The summed E-state index contributed by atoms with van der Waals surface area (Å²) in [5, 5.41) is 16.4. The number of hydrogen-bond donors (Lipinski definition) is 3. The molecule has 3 aliphatic carbocycles. The minimum Gasteiger partial charge on any atom is -0.508 e. The van der Waals surface area contributed by atoms with Gasteiger partial charge >= 0.3 is 6.03 Å². The molecular formula is C20H26N2O3. The third-order valence-electron chi connectivity index (χ3n) is 7.12. The Labute approximate surface area is 148 Å². The summed E-state index contributed by atoms with van der Waals surface area (Å²) < 4.78 is 6.00. The molecule has 1 aliphatic heterocycles. The van der Waals surface area contributed by atoms with Crippen LogP contribution in [-0.4, -0.2) is 29.9 Å². The molecule has 1 heterocycles. The molecule has 2 amide bonds. The van der Waals surface area contributed by atoms with Gasteiger partial charge in [0.25, 0.3) is 0 Å². The first kappa shape index (κ1) is 15.5. The maximum atomic E-state index is 12.7. The Morgan fingerprint density at radius 1 is 1.20 bits per heavy atom. The second-order valence-electron chi connectivity index (χ2n) is 8.22. The number of phenols is 1. The van der Waals surface area contributed by atoms with Gasteiger partial charge < -0.3 is 20.5 Å². The Morgan fingerprint density at radius 2 is 2.04 bits per heavy atom. The Bertz CT molecular complexity index is 698. The molecule has 5 nitrogen and oxygen atoms in total. The lowest BCUT2D eigenvalue weighted by atomic mass is 9.54. The number of amides is 2. The van der Waals surface area contributed by atoms with Crippen LogP contribution in [0.1, 0.15) is 55.7 Å². The molecule has 2 saturated carbocycles. The van der Waals surface area contributed by atoms with E-state index >= 15 is 0 Å². The summed E-state index contributed by atoms with van der Waals surface area (Å²) in [6, 6.07) is 5.77. The Morgan fingerprint density at radius 3 is 2.88 bits per heavy atom. The van der Waals surface area contributed by atoms with Gasteiger partial charge in [-0.3, -0.25) is 0 Å². The van der Waals surface area contributed by atoms with E-state index in [1.54, 1.807) is 6.07 Å². The molecule has 4 aliphatic rings. The van der Waals surface area contributed by atoms with Crippen LogP contribution in [0.25, 0.3) is 0 Å². The molecule has 25 heavy (non-hydrogen) atoms. The molecule has 1 spiro atoms. The zero-order valence-electron chi connectivity index (χ0n) is 14.5. The van der Waals surface area contributed by atoms with Gasteiger partial charge in [0.15, 0.2) is 0 Å². The summed E-state index contributed by atoms with van der Waals surface area (Å²) in [4.78, 5) is 12.7. The predicted molar refractivity (Wildman–Crippen MR) is 93.4 cm³/mol. The molecule has 4 atom stereocenters. The van der Waals surface area contributed by atoms with Crippen molar-refractivity contribution in [2.75, 3.05) is 6.61 Å². The Kier molecular flexibility index (Phi) is 3.49. The van der Waals surface area contributed by atoms with Crippen molar-refractivity contribution in [1.82, 2.24) is 10.6 Å². The number of rotatable bonds is 2. The SMILES string of the molecule is O=C(N[C@H]1CCc2c(O)cccc21)N[C@H]1[C@@H]2CCO[C@@H]2C12CCCC2. The average Bonchev–Trinajstić information content (AvgIpc) is 3.32. The van der Waals surface area contributed by atoms with Gasteiger partial charge in [-0.05, 0) is 49.3 Å². The van der Waals surface area contributed by atoms with E-state index in [-0.39, 0.29) is 23.5 Å². The van der Waals surface area contributed by atoms with Gasteiger partial charge in [0.05, 0.1) is 12.1 Å². The lowest BCUT2D eigenvalue weighted by Crippen LogP contribution is -2.69. The fraction of sp³-hybridized carbons (Fsp3) is 0.650. The van der Waals surface area contributed by atoms with E-state index in [1.807, 2.05) is 12.1 Å². The first-order chi connectivity index (χ1) is 12.2. The van der Waals surface area contributed by atoms with Crippen LogP contribution in [0.15, 0.2) is 18.2 Å². The van der Waals surface area contributed by atoms with Gasteiger partial charge in [0.1, 0.15) is 5.75 Å². The number of fused-ring (bicyclic) bond motifs is 3. The molecule has 3 N–H and O–H groups in total. The largest absolute Gasteiger partial charge is 0.508 e. The zero-order chi connectivity index (χ0) is 17.0. The van der Waals surface area contributed by atoms with Crippen LogP contribution < -0.4 is 10.6 Å². The predicted octanol–water partition coefficient (Wildman–Crippen LogP) is 3.03. The van der Waals surface area contributed by atoms with Gasteiger partial charge in [-0.2, -0.15) is 0 Å². The van der Waals surface area contributed by atoms with E-state index in [9.17, 15) is 9.90 Å². The fourth-order valence-corrected chi connectivity index (χ4v) is 6.03. The van der Waals surface area contributed by atoms with Gasteiger partial charge in [0.2, 0.25) is 0 Å². The number of carbonyl (C=O) groups excluding carboxylic acids is 1. The lowest BCUT2D eigenvalue weighted by Gasteiger charge is -2.56. The summed E-state index contributed by atoms with van der Waals surface area (Å²) in [6.45, 7) is 0.839. The summed E-state index contributed by atoms with van der Waals surface area (Å²) in [7, 11) is 0. The molecular weight excluding hydrogens is 316 g/mol. The molecule has 134 valence electrons. The molecule has 3 fully saturated rings. The smallest absolute Gasteiger partial charge is 0.315 e. The molecule has 1 saturated heterocycles. The third-order valence-corrected chi connectivity index (χ3v) is 7.12. The number of hydrogen-bond acceptors (Lipinski definition) is 3. The van der Waals surface area contributed by atoms with Gasteiger partial charge in [-0.15, -0.1) is 0 Å². The highest BCUT2D eigenvalue weighted by atomic mass is 16.5. The first-order valence-electron chi connectivity index (χ1n) is 9.68. The first-order valence-corrected chi connectivity index (χ1v) is 9.68. The number of ether oxygens (including phenoxy) is 1. The zero-order valence-corrected chi connectivity index (χ0v) is 14.5. The van der Waals surface area contributed by atoms with Crippen LogP contribution in [0.3, 0.4) is 0 Å². The quantitative estimate of drug-likeness (QED) is 0.774. The summed E-state index contributed by atoms with van der Waals surface area (Å²) in [5.74, 6) is 0.834. The second kappa shape index (κ2) is 5.63. The van der Waals surface area contributed by atoms with E-state index in [0.717, 1.165) is 37.0 Å². The number of phenolic OH excluding ortho intramolecular Hbond substituents is 1. The van der Waals surface area contributed by atoms with Crippen LogP contribution >= 0.6 is 0 Å². The van der Waals surface area contributed by atoms with Gasteiger partial charge in [-0.25, -0.2) is 4.79 Å². The van der Waals surface area contributed by atoms with Crippen LogP contribution in [0, 0.1) is 11.3 Å². The highest BCUT2D eigenvalue weighted by Gasteiger charge is 2.65. The van der Waals surface area contributed by atoms with Crippen LogP contribution in [0.5, 0.6) is 5.75 Å².